The first-order valence-electron chi connectivity index (χ1n) is 7.14. The molecule has 2 aromatic rings. The van der Waals surface area contributed by atoms with E-state index in [1.165, 1.54) is 29.2 Å². The predicted octanol–water partition coefficient (Wildman–Crippen LogP) is 3.92. The third-order valence-electron chi connectivity index (χ3n) is 3.47. The first-order valence-corrected chi connectivity index (χ1v) is 9.00. The molecule has 118 valence electrons. The fourth-order valence-electron chi connectivity index (χ4n) is 2.41. The predicted molar refractivity (Wildman–Crippen MR) is 91.3 cm³/mol. The highest BCUT2D eigenvalue weighted by Crippen LogP contribution is 2.38. The molecule has 0 fully saturated rings. The molecule has 0 spiro atoms. The number of hydrogen-bond acceptors (Lipinski definition) is 4. The average molecular weight is 347 g/mol. The molecule has 0 bridgehead atoms. The summed E-state index contributed by atoms with van der Waals surface area (Å²) >= 11 is 2.78. The van der Waals surface area contributed by atoms with E-state index in [9.17, 15) is 14.0 Å². The van der Waals surface area contributed by atoms with Gasteiger partial charge in [-0.05, 0) is 23.3 Å². The smallest absolute Gasteiger partial charge is 0.268 e. The molecule has 3 rings (SSSR count). The summed E-state index contributed by atoms with van der Waals surface area (Å²) in [5.41, 5.74) is 0.774. The van der Waals surface area contributed by atoms with E-state index >= 15 is 0 Å². The molecule has 0 N–H and O–H groups in total. The molecule has 0 saturated heterocycles. The highest BCUT2D eigenvalue weighted by molar-refractivity contribution is 8.04. The van der Waals surface area contributed by atoms with E-state index in [-0.39, 0.29) is 18.4 Å². The van der Waals surface area contributed by atoms with Crippen LogP contribution >= 0.6 is 23.1 Å². The van der Waals surface area contributed by atoms with Gasteiger partial charge in [-0.1, -0.05) is 31.2 Å². The van der Waals surface area contributed by atoms with Crippen molar-refractivity contribution in [2.75, 3.05) is 5.75 Å². The fraction of sp³-hybridized carbons (Fsp3) is 0.176. The van der Waals surface area contributed by atoms with E-state index in [1.54, 1.807) is 18.2 Å². The van der Waals surface area contributed by atoms with Crippen LogP contribution in [0.3, 0.4) is 0 Å². The van der Waals surface area contributed by atoms with Crippen LogP contribution in [0, 0.1) is 5.82 Å². The Hall–Kier alpha value is -1.92. The van der Waals surface area contributed by atoms with Gasteiger partial charge in [0.2, 0.25) is 0 Å². The Morgan fingerprint density at radius 1 is 1.13 bits per heavy atom. The Labute approximate surface area is 141 Å². The Balaban J connectivity index is 1.96. The lowest BCUT2D eigenvalue weighted by Crippen LogP contribution is -2.31. The fourth-order valence-corrected chi connectivity index (χ4v) is 4.11. The number of rotatable bonds is 5. The van der Waals surface area contributed by atoms with Gasteiger partial charge >= 0.3 is 0 Å². The highest BCUT2D eigenvalue weighted by atomic mass is 32.2. The Morgan fingerprint density at radius 2 is 1.91 bits per heavy atom. The van der Waals surface area contributed by atoms with Crippen molar-refractivity contribution in [1.29, 1.82) is 0 Å². The van der Waals surface area contributed by atoms with Gasteiger partial charge < -0.3 is 0 Å². The molecule has 0 unspecified atom stereocenters. The Bertz CT molecular complexity index is 784. The largest absolute Gasteiger partial charge is 0.269 e. The molecule has 1 aromatic carbocycles. The monoisotopic (exact) mass is 347 g/mol. The molecule has 2 heterocycles. The van der Waals surface area contributed by atoms with Crippen LogP contribution in [0.15, 0.2) is 46.7 Å². The standard InChI is InChI=1S/C17H14FNO2S2/c1-2-22-15-14(13-8-5-9-23-13)16(20)19(17(15)21)10-11-6-3-4-7-12(11)18/h3-9H,2,10H2,1H3. The zero-order chi connectivity index (χ0) is 16.4. The summed E-state index contributed by atoms with van der Waals surface area (Å²) in [4.78, 5) is 27.7. The first-order chi connectivity index (χ1) is 11.1. The maximum absolute atomic E-state index is 13.8. The summed E-state index contributed by atoms with van der Waals surface area (Å²) in [6.45, 7) is 1.88. The Kier molecular flexibility index (Phi) is 4.63. The molecule has 1 aromatic heterocycles. The summed E-state index contributed by atoms with van der Waals surface area (Å²) in [5, 5.41) is 1.87. The molecule has 2 amide bonds. The number of amides is 2. The third-order valence-corrected chi connectivity index (χ3v) is 5.31. The van der Waals surface area contributed by atoms with Crippen LogP contribution in [0.2, 0.25) is 0 Å². The third kappa shape index (κ3) is 2.96. The second kappa shape index (κ2) is 6.68. The number of carbonyl (C=O) groups is 2. The van der Waals surface area contributed by atoms with Gasteiger partial charge in [0.1, 0.15) is 5.82 Å². The van der Waals surface area contributed by atoms with Crippen LogP contribution in [0.5, 0.6) is 0 Å². The molecule has 3 nitrogen and oxygen atoms in total. The summed E-state index contributed by atoms with van der Waals surface area (Å²) in [6, 6.07) is 9.87. The van der Waals surface area contributed by atoms with Crippen molar-refractivity contribution in [1.82, 2.24) is 4.90 Å². The summed E-state index contributed by atoms with van der Waals surface area (Å²) < 4.78 is 13.8. The number of carbonyl (C=O) groups excluding carboxylic acids is 2. The number of hydrogen-bond donors (Lipinski definition) is 0. The number of nitrogens with zero attached hydrogens (tertiary/aromatic N) is 1. The van der Waals surface area contributed by atoms with Crippen molar-refractivity contribution < 1.29 is 14.0 Å². The van der Waals surface area contributed by atoms with Gasteiger partial charge in [-0.2, -0.15) is 0 Å². The topological polar surface area (TPSA) is 37.4 Å². The summed E-state index contributed by atoms with van der Waals surface area (Å²) in [6.07, 6.45) is 0. The van der Waals surface area contributed by atoms with E-state index in [0.717, 1.165) is 9.78 Å². The number of benzene rings is 1. The maximum Gasteiger partial charge on any atom is 0.268 e. The second-order valence-corrected chi connectivity index (χ2v) is 7.12. The van der Waals surface area contributed by atoms with Gasteiger partial charge in [0.25, 0.3) is 11.8 Å². The first kappa shape index (κ1) is 16.0. The minimum absolute atomic E-state index is 0.0486. The van der Waals surface area contributed by atoms with Crippen molar-refractivity contribution in [2.24, 2.45) is 0 Å². The van der Waals surface area contributed by atoms with E-state index in [2.05, 4.69) is 0 Å². The highest BCUT2D eigenvalue weighted by Gasteiger charge is 2.39. The van der Waals surface area contributed by atoms with Crippen LogP contribution < -0.4 is 0 Å². The number of thiophene rings is 1. The lowest BCUT2D eigenvalue weighted by molar-refractivity contribution is -0.137. The molecular formula is C17H14FNO2S2. The van der Waals surface area contributed by atoms with Crippen LogP contribution in [-0.2, 0) is 16.1 Å². The van der Waals surface area contributed by atoms with E-state index in [4.69, 9.17) is 0 Å². The number of halogens is 1. The zero-order valence-corrected chi connectivity index (χ0v) is 14.0. The van der Waals surface area contributed by atoms with Gasteiger partial charge in [-0.25, -0.2) is 4.39 Å². The minimum atomic E-state index is -0.414. The Morgan fingerprint density at radius 3 is 2.57 bits per heavy atom. The molecule has 6 heteroatoms. The SMILES string of the molecule is CCSC1=C(c2cccs2)C(=O)N(Cc2ccccc2F)C1=O. The summed E-state index contributed by atoms with van der Waals surface area (Å²) in [5.74, 6) is -0.413. The van der Waals surface area contributed by atoms with Gasteiger partial charge in [0, 0.05) is 10.4 Å². The molecule has 0 saturated carbocycles. The number of thioether (sulfide) groups is 1. The van der Waals surface area contributed by atoms with E-state index < -0.39 is 5.82 Å². The minimum Gasteiger partial charge on any atom is -0.269 e. The van der Waals surface area contributed by atoms with Crippen molar-refractivity contribution in [2.45, 2.75) is 13.5 Å². The molecule has 0 radical (unpaired) electrons. The van der Waals surface area contributed by atoms with E-state index in [0.29, 0.717) is 21.8 Å². The van der Waals surface area contributed by atoms with Crippen LogP contribution in [0.4, 0.5) is 4.39 Å². The molecule has 1 aliphatic rings. The second-order valence-electron chi connectivity index (χ2n) is 4.90. The lowest BCUT2D eigenvalue weighted by atomic mass is 10.2. The van der Waals surface area contributed by atoms with Crippen molar-refractivity contribution in [3.05, 3.63) is 62.9 Å². The van der Waals surface area contributed by atoms with Gasteiger partial charge in [0.05, 0.1) is 17.0 Å². The molecular weight excluding hydrogens is 333 g/mol. The van der Waals surface area contributed by atoms with E-state index in [1.807, 2.05) is 24.4 Å². The van der Waals surface area contributed by atoms with Crippen molar-refractivity contribution >= 4 is 40.5 Å². The normalized spacial score (nSPS) is 15.0. The maximum atomic E-state index is 13.8. The van der Waals surface area contributed by atoms with Crippen LogP contribution in [-0.4, -0.2) is 22.5 Å². The van der Waals surface area contributed by atoms with Gasteiger partial charge in [-0.15, -0.1) is 23.1 Å². The quantitative estimate of drug-likeness (QED) is 0.769. The molecule has 0 atom stereocenters. The molecule has 0 aliphatic carbocycles. The van der Waals surface area contributed by atoms with Crippen molar-refractivity contribution in [3.8, 4) is 0 Å². The zero-order valence-electron chi connectivity index (χ0n) is 12.4. The van der Waals surface area contributed by atoms with Crippen LogP contribution in [0.1, 0.15) is 17.4 Å². The molecule has 1 aliphatic heterocycles. The lowest BCUT2D eigenvalue weighted by Gasteiger charge is -2.15. The van der Waals surface area contributed by atoms with Crippen molar-refractivity contribution in [3.63, 3.8) is 0 Å². The molecule has 23 heavy (non-hydrogen) atoms. The van der Waals surface area contributed by atoms with Gasteiger partial charge in [0.15, 0.2) is 0 Å². The average Bonchev–Trinajstić information content (AvgIpc) is 3.13. The van der Waals surface area contributed by atoms with Crippen LogP contribution in [0.25, 0.3) is 5.57 Å². The number of imide groups is 1. The summed E-state index contributed by atoms with van der Waals surface area (Å²) in [7, 11) is 0. The van der Waals surface area contributed by atoms with Gasteiger partial charge in [-0.3, -0.25) is 14.5 Å².